The largest absolute Gasteiger partial charge is 0.388 e. The van der Waals surface area contributed by atoms with Gasteiger partial charge in [0.2, 0.25) is 5.91 Å². The average molecular weight is 214 g/mol. The van der Waals surface area contributed by atoms with Gasteiger partial charge >= 0.3 is 0 Å². The first-order valence-electron chi connectivity index (χ1n) is 5.76. The maximum Gasteiger partial charge on any atom is 0.221 e. The molecule has 88 valence electrons. The van der Waals surface area contributed by atoms with Crippen LogP contribution in [0.5, 0.6) is 0 Å². The van der Waals surface area contributed by atoms with Gasteiger partial charge in [0.1, 0.15) is 0 Å². The van der Waals surface area contributed by atoms with Gasteiger partial charge in [-0.25, -0.2) is 0 Å². The van der Waals surface area contributed by atoms with Crippen molar-refractivity contribution in [1.82, 2.24) is 5.32 Å². The zero-order valence-electron chi connectivity index (χ0n) is 9.46. The van der Waals surface area contributed by atoms with E-state index in [0.29, 0.717) is 13.0 Å². The highest BCUT2D eigenvalue weighted by molar-refractivity contribution is 5.76. The molecule has 0 saturated heterocycles. The molecular formula is C11H22N2O2. The van der Waals surface area contributed by atoms with E-state index in [2.05, 4.69) is 5.32 Å². The summed E-state index contributed by atoms with van der Waals surface area (Å²) in [7, 11) is 0. The molecule has 0 aromatic heterocycles. The van der Waals surface area contributed by atoms with E-state index in [9.17, 15) is 9.90 Å². The molecule has 1 aliphatic carbocycles. The van der Waals surface area contributed by atoms with Gasteiger partial charge < -0.3 is 16.2 Å². The highest BCUT2D eigenvalue weighted by Crippen LogP contribution is 2.27. The lowest BCUT2D eigenvalue weighted by Crippen LogP contribution is -2.45. The van der Waals surface area contributed by atoms with Crippen molar-refractivity contribution in [2.75, 3.05) is 6.54 Å². The lowest BCUT2D eigenvalue weighted by molar-refractivity contribution is -0.123. The highest BCUT2D eigenvalue weighted by Gasteiger charge is 2.29. The van der Waals surface area contributed by atoms with Crippen molar-refractivity contribution in [2.24, 2.45) is 5.73 Å². The van der Waals surface area contributed by atoms with E-state index in [1.54, 1.807) is 6.92 Å². The van der Waals surface area contributed by atoms with Crippen molar-refractivity contribution in [3.63, 3.8) is 0 Å². The van der Waals surface area contributed by atoms with Gasteiger partial charge in [0.25, 0.3) is 0 Å². The number of aliphatic hydroxyl groups is 1. The minimum atomic E-state index is -0.675. The summed E-state index contributed by atoms with van der Waals surface area (Å²) in [4.78, 5) is 11.3. The zero-order valence-corrected chi connectivity index (χ0v) is 9.46. The fourth-order valence-electron chi connectivity index (χ4n) is 2.01. The van der Waals surface area contributed by atoms with E-state index in [-0.39, 0.29) is 11.9 Å². The van der Waals surface area contributed by atoms with Crippen molar-refractivity contribution in [2.45, 2.75) is 57.1 Å². The van der Waals surface area contributed by atoms with Gasteiger partial charge in [0.15, 0.2) is 0 Å². The fraction of sp³-hybridized carbons (Fsp3) is 0.909. The van der Waals surface area contributed by atoms with Gasteiger partial charge in [-0.2, -0.15) is 0 Å². The number of carbonyl (C=O) groups is 1. The van der Waals surface area contributed by atoms with Crippen LogP contribution in [0.2, 0.25) is 0 Å². The summed E-state index contributed by atoms with van der Waals surface area (Å²) >= 11 is 0. The molecule has 1 aliphatic rings. The van der Waals surface area contributed by atoms with Gasteiger partial charge in [-0.15, -0.1) is 0 Å². The summed E-state index contributed by atoms with van der Waals surface area (Å²) in [6, 6.07) is -0.119. The number of rotatable bonds is 4. The van der Waals surface area contributed by atoms with E-state index in [1.807, 2.05) is 0 Å². The molecule has 1 fully saturated rings. The number of hydrogen-bond donors (Lipinski definition) is 3. The van der Waals surface area contributed by atoms with Gasteiger partial charge in [-0.3, -0.25) is 4.79 Å². The molecule has 0 radical (unpaired) electrons. The molecule has 1 atom stereocenters. The van der Waals surface area contributed by atoms with Crippen molar-refractivity contribution >= 4 is 5.91 Å². The molecule has 1 unspecified atom stereocenters. The molecule has 15 heavy (non-hydrogen) atoms. The zero-order chi connectivity index (χ0) is 11.3. The minimum Gasteiger partial charge on any atom is -0.388 e. The third-order valence-electron chi connectivity index (χ3n) is 2.91. The molecule has 4 nitrogen and oxygen atoms in total. The maximum absolute atomic E-state index is 11.3. The number of nitrogens with two attached hydrogens (primary N) is 1. The monoisotopic (exact) mass is 214 g/mol. The molecule has 0 bridgehead atoms. The molecular weight excluding hydrogens is 192 g/mol. The van der Waals surface area contributed by atoms with Gasteiger partial charge in [-0.1, -0.05) is 19.3 Å². The Balaban J connectivity index is 2.25. The number of carbonyl (C=O) groups excluding carboxylic acids is 1. The topological polar surface area (TPSA) is 75.4 Å². The molecule has 0 aromatic rings. The predicted octanol–water partition coefficient (Wildman–Crippen LogP) is 0.535. The Hall–Kier alpha value is -0.610. The van der Waals surface area contributed by atoms with Crippen LogP contribution < -0.4 is 11.1 Å². The molecule has 4 N–H and O–H groups in total. The Bertz CT molecular complexity index is 211. The van der Waals surface area contributed by atoms with Crippen LogP contribution >= 0.6 is 0 Å². The molecule has 0 aromatic carbocycles. The van der Waals surface area contributed by atoms with Crippen LogP contribution in [-0.2, 0) is 4.79 Å². The Kier molecular flexibility index (Phi) is 4.54. The molecule has 0 spiro atoms. The molecule has 0 aliphatic heterocycles. The lowest BCUT2D eigenvalue weighted by Gasteiger charge is -2.32. The van der Waals surface area contributed by atoms with Crippen LogP contribution in [0.15, 0.2) is 0 Å². The SMILES string of the molecule is CC(N)CC(=O)NCC1(O)CCCCC1. The third kappa shape index (κ3) is 4.62. The van der Waals surface area contributed by atoms with E-state index in [1.165, 1.54) is 6.42 Å². The van der Waals surface area contributed by atoms with Crippen molar-refractivity contribution < 1.29 is 9.90 Å². The summed E-state index contributed by atoms with van der Waals surface area (Å²) < 4.78 is 0. The molecule has 0 heterocycles. The summed E-state index contributed by atoms with van der Waals surface area (Å²) in [5, 5.41) is 12.9. The second-order valence-corrected chi connectivity index (χ2v) is 4.74. The Morgan fingerprint density at radius 2 is 2.07 bits per heavy atom. The van der Waals surface area contributed by atoms with Crippen LogP contribution in [0.1, 0.15) is 45.4 Å². The molecule has 4 heteroatoms. The predicted molar refractivity (Wildman–Crippen MR) is 59.3 cm³/mol. The first kappa shape index (κ1) is 12.5. The summed E-state index contributed by atoms with van der Waals surface area (Å²) in [6.07, 6.45) is 5.22. The maximum atomic E-state index is 11.3. The van der Waals surface area contributed by atoms with Crippen LogP contribution in [0, 0.1) is 0 Å². The van der Waals surface area contributed by atoms with Crippen LogP contribution in [0.3, 0.4) is 0 Å². The quantitative estimate of drug-likeness (QED) is 0.639. The van der Waals surface area contributed by atoms with Crippen LogP contribution in [0.4, 0.5) is 0 Å². The normalized spacial score (nSPS) is 22.1. The van der Waals surface area contributed by atoms with E-state index < -0.39 is 5.60 Å². The Morgan fingerprint density at radius 1 is 1.47 bits per heavy atom. The summed E-state index contributed by atoms with van der Waals surface area (Å²) in [5.74, 6) is -0.0657. The van der Waals surface area contributed by atoms with Crippen molar-refractivity contribution in [1.29, 1.82) is 0 Å². The first-order valence-corrected chi connectivity index (χ1v) is 5.76. The van der Waals surface area contributed by atoms with E-state index in [0.717, 1.165) is 25.7 Å². The number of hydrogen-bond acceptors (Lipinski definition) is 3. The standard InChI is InChI=1S/C11H22N2O2/c1-9(12)7-10(14)13-8-11(15)5-3-2-4-6-11/h9,15H,2-8,12H2,1H3,(H,13,14). The van der Waals surface area contributed by atoms with Gasteiger partial charge in [-0.05, 0) is 19.8 Å². The molecule has 1 amide bonds. The lowest BCUT2D eigenvalue weighted by atomic mass is 9.85. The van der Waals surface area contributed by atoms with E-state index >= 15 is 0 Å². The van der Waals surface area contributed by atoms with Crippen LogP contribution in [-0.4, -0.2) is 29.2 Å². The Labute approximate surface area is 91.2 Å². The Morgan fingerprint density at radius 3 is 2.60 bits per heavy atom. The second kappa shape index (κ2) is 5.47. The van der Waals surface area contributed by atoms with Crippen molar-refractivity contribution in [3.05, 3.63) is 0 Å². The highest BCUT2D eigenvalue weighted by atomic mass is 16.3. The smallest absolute Gasteiger partial charge is 0.221 e. The summed E-state index contributed by atoms with van der Waals surface area (Å²) in [5.41, 5.74) is 4.84. The van der Waals surface area contributed by atoms with Gasteiger partial charge in [0.05, 0.1) is 5.60 Å². The first-order chi connectivity index (χ1) is 7.02. The van der Waals surface area contributed by atoms with Gasteiger partial charge in [0, 0.05) is 19.0 Å². The van der Waals surface area contributed by atoms with Crippen molar-refractivity contribution in [3.8, 4) is 0 Å². The van der Waals surface area contributed by atoms with Crippen LogP contribution in [0.25, 0.3) is 0 Å². The fourth-order valence-corrected chi connectivity index (χ4v) is 2.01. The number of nitrogens with one attached hydrogen (secondary N) is 1. The molecule has 1 rings (SSSR count). The third-order valence-corrected chi connectivity index (χ3v) is 2.91. The summed E-state index contributed by atoms with van der Waals surface area (Å²) in [6.45, 7) is 2.17. The minimum absolute atomic E-state index is 0.0657. The second-order valence-electron chi connectivity index (χ2n) is 4.74. The number of amides is 1. The van der Waals surface area contributed by atoms with E-state index in [4.69, 9.17) is 5.73 Å². The molecule has 1 saturated carbocycles. The average Bonchev–Trinajstić information content (AvgIpc) is 2.15.